The number of rotatable bonds is 6. The number of carbonyl (C=O) groups excluding carboxylic acids is 2. The van der Waals surface area contributed by atoms with Gasteiger partial charge >= 0.3 is 12.1 Å². The van der Waals surface area contributed by atoms with Crippen molar-refractivity contribution < 1.29 is 41.7 Å². The van der Waals surface area contributed by atoms with Crippen LogP contribution in [-0.2, 0) is 25.2 Å². The third-order valence-corrected chi connectivity index (χ3v) is 5.26. The number of ether oxygens (including phenoxy) is 4. The minimum Gasteiger partial charge on any atom is -0.493 e. The first-order chi connectivity index (χ1) is 15.6. The van der Waals surface area contributed by atoms with Gasteiger partial charge in [0.05, 0.1) is 37.8 Å². The maximum atomic E-state index is 13.5. The SMILES string of the molecule is CCOC(=O)C[C@H]1O[C@H](c2cccc(OC)c2OC)c2cc(Cl)c(C(F)(F)F)cc2NC1=O. The molecule has 2 aromatic carbocycles. The van der Waals surface area contributed by atoms with Gasteiger partial charge in [0.15, 0.2) is 11.5 Å². The van der Waals surface area contributed by atoms with Crippen LogP contribution in [0.25, 0.3) is 0 Å². The van der Waals surface area contributed by atoms with Crippen molar-refractivity contribution >= 4 is 29.2 Å². The summed E-state index contributed by atoms with van der Waals surface area (Å²) in [5, 5.41) is 1.85. The molecule has 178 valence electrons. The second-order valence-electron chi connectivity index (χ2n) is 7.00. The van der Waals surface area contributed by atoms with E-state index >= 15 is 0 Å². The fourth-order valence-electron chi connectivity index (χ4n) is 3.52. The highest BCUT2D eigenvalue weighted by Crippen LogP contribution is 2.46. The van der Waals surface area contributed by atoms with Gasteiger partial charge in [0.2, 0.25) is 0 Å². The van der Waals surface area contributed by atoms with Crippen molar-refractivity contribution in [2.24, 2.45) is 0 Å². The molecule has 0 unspecified atom stereocenters. The Morgan fingerprint density at radius 3 is 2.52 bits per heavy atom. The molecule has 1 aliphatic rings. The predicted octanol–water partition coefficient (Wildman–Crippen LogP) is 4.76. The number of hydrogen-bond donors (Lipinski definition) is 1. The van der Waals surface area contributed by atoms with E-state index in [4.69, 9.17) is 30.5 Å². The number of esters is 1. The summed E-state index contributed by atoms with van der Waals surface area (Å²) in [5.74, 6) is -0.919. The van der Waals surface area contributed by atoms with E-state index in [9.17, 15) is 22.8 Å². The zero-order chi connectivity index (χ0) is 24.3. The minimum atomic E-state index is -4.75. The number of fused-ring (bicyclic) bond motifs is 1. The van der Waals surface area contributed by atoms with Crippen LogP contribution in [-0.4, -0.2) is 38.8 Å². The van der Waals surface area contributed by atoms with Crippen molar-refractivity contribution in [3.05, 3.63) is 52.0 Å². The van der Waals surface area contributed by atoms with E-state index < -0.39 is 47.3 Å². The van der Waals surface area contributed by atoms with Crippen LogP contribution in [0.15, 0.2) is 30.3 Å². The van der Waals surface area contributed by atoms with Crippen molar-refractivity contribution in [2.75, 3.05) is 26.1 Å². The van der Waals surface area contributed by atoms with Crippen LogP contribution < -0.4 is 14.8 Å². The van der Waals surface area contributed by atoms with Gasteiger partial charge in [-0.25, -0.2) is 0 Å². The molecule has 3 rings (SSSR count). The summed E-state index contributed by atoms with van der Waals surface area (Å²) >= 11 is 5.96. The van der Waals surface area contributed by atoms with Crippen LogP contribution in [0.1, 0.15) is 36.1 Å². The van der Waals surface area contributed by atoms with Gasteiger partial charge in [-0.1, -0.05) is 23.7 Å². The maximum absolute atomic E-state index is 13.5. The van der Waals surface area contributed by atoms with Crippen molar-refractivity contribution in [2.45, 2.75) is 31.7 Å². The van der Waals surface area contributed by atoms with Gasteiger partial charge in [0.25, 0.3) is 5.91 Å². The molecule has 0 radical (unpaired) electrons. The number of alkyl halides is 3. The Hall–Kier alpha value is -2.98. The Kier molecular flexibility index (Phi) is 7.38. The number of nitrogens with one attached hydrogen (secondary N) is 1. The molecule has 1 amide bonds. The van der Waals surface area contributed by atoms with Crippen LogP contribution in [0.2, 0.25) is 5.02 Å². The van der Waals surface area contributed by atoms with Gasteiger partial charge in [-0.05, 0) is 25.1 Å². The summed E-state index contributed by atoms with van der Waals surface area (Å²) in [6.07, 6.45) is -7.68. The Morgan fingerprint density at radius 2 is 1.91 bits per heavy atom. The first-order valence-electron chi connectivity index (χ1n) is 9.84. The van der Waals surface area contributed by atoms with Crippen molar-refractivity contribution in [1.82, 2.24) is 0 Å². The summed E-state index contributed by atoms with van der Waals surface area (Å²) in [4.78, 5) is 24.9. The summed E-state index contributed by atoms with van der Waals surface area (Å²) in [5.41, 5.74) is -0.764. The molecule has 1 N–H and O–H groups in total. The lowest BCUT2D eigenvalue weighted by Gasteiger charge is -2.24. The molecule has 33 heavy (non-hydrogen) atoms. The minimum absolute atomic E-state index is 0.0884. The normalized spacial score (nSPS) is 18.1. The number of hydrogen-bond acceptors (Lipinski definition) is 6. The zero-order valence-corrected chi connectivity index (χ0v) is 18.7. The summed E-state index contributed by atoms with van der Waals surface area (Å²) < 4.78 is 62.0. The Morgan fingerprint density at radius 1 is 1.18 bits per heavy atom. The maximum Gasteiger partial charge on any atom is 0.417 e. The molecule has 0 bridgehead atoms. The molecular weight excluding hydrogens is 467 g/mol. The molecule has 0 aliphatic carbocycles. The van der Waals surface area contributed by atoms with Gasteiger partial charge in [0.1, 0.15) is 12.2 Å². The highest BCUT2D eigenvalue weighted by atomic mass is 35.5. The molecule has 1 aliphatic heterocycles. The molecule has 11 heteroatoms. The van der Waals surface area contributed by atoms with Crippen LogP contribution in [0.5, 0.6) is 11.5 Å². The summed E-state index contributed by atoms with van der Waals surface area (Å²) in [6, 6.07) is 6.69. The predicted molar refractivity (Wildman–Crippen MR) is 113 cm³/mol. The number of carbonyl (C=O) groups is 2. The van der Waals surface area contributed by atoms with Crippen LogP contribution in [0.3, 0.4) is 0 Å². The van der Waals surface area contributed by atoms with Crippen molar-refractivity contribution in [1.29, 1.82) is 0 Å². The fourth-order valence-corrected chi connectivity index (χ4v) is 3.79. The lowest BCUT2D eigenvalue weighted by Crippen LogP contribution is -2.32. The number of halogens is 4. The molecule has 0 fully saturated rings. The molecule has 1 heterocycles. The first-order valence-corrected chi connectivity index (χ1v) is 10.2. The fraction of sp³-hybridized carbons (Fsp3) is 0.364. The quantitative estimate of drug-likeness (QED) is 0.592. The Labute approximate surface area is 192 Å². The number of para-hydroxylation sites is 1. The third kappa shape index (κ3) is 5.17. The monoisotopic (exact) mass is 487 g/mol. The number of methoxy groups -OCH3 is 2. The van der Waals surface area contributed by atoms with Crippen LogP contribution in [0, 0.1) is 0 Å². The van der Waals surface area contributed by atoms with E-state index in [1.54, 1.807) is 25.1 Å². The second-order valence-corrected chi connectivity index (χ2v) is 7.41. The lowest BCUT2D eigenvalue weighted by molar-refractivity contribution is -0.150. The van der Waals surface area contributed by atoms with Crippen LogP contribution >= 0.6 is 11.6 Å². The topological polar surface area (TPSA) is 83.1 Å². The van der Waals surface area contributed by atoms with Crippen LogP contribution in [0.4, 0.5) is 18.9 Å². The number of anilines is 1. The molecule has 0 saturated carbocycles. The highest BCUT2D eigenvalue weighted by molar-refractivity contribution is 6.31. The molecular formula is C22H21ClF3NO6. The standard InChI is InChI=1S/C22H21ClF3NO6/c1-4-32-18(28)10-17-21(29)27-15-9-13(22(24,25)26)14(23)8-12(15)19(33-17)11-6-5-7-16(30-2)20(11)31-3/h5-9,17,19H,4,10H2,1-3H3,(H,27,29)/t17-,19-/m1/s1. The molecule has 0 aromatic heterocycles. The highest BCUT2D eigenvalue weighted by Gasteiger charge is 2.39. The Bertz CT molecular complexity index is 1060. The molecule has 2 aromatic rings. The largest absolute Gasteiger partial charge is 0.493 e. The number of benzene rings is 2. The Balaban J connectivity index is 2.20. The second kappa shape index (κ2) is 9.88. The van der Waals surface area contributed by atoms with E-state index in [0.29, 0.717) is 11.3 Å². The van der Waals surface area contributed by atoms with Gasteiger partial charge < -0.3 is 24.3 Å². The van der Waals surface area contributed by atoms with Gasteiger partial charge in [0, 0.05) is 16.8 Å². The van der Waals surface area contributed by atoms with Gasteiger partial charge in [-0.2, -0.15) is 13.2 Å². The van der Waals surface area contributed by atoms with E-state index in [2.05, 4.69) is 5.32 Å². The summed E-state index contributed by atoms with van der Waals surface area (Å²) in [7, 11) is 2.81. The third-order valence-electron chi connectivity index (χ3n) is 4.95. The number of amides is 1. The van der Waals surface area contributed by atoms with Crippen molar-refractivity contribution in [3.63, 3.8) is 0 Å². The molecule has 7 nitrogen and oxygen atoms in total. The van der Waals surface area contributed by atoms with Gasteiger partial charge in [-0.3, -0.25) is 9.59 Å². The van der Waals surface area contributed by atoms with E-state index in [1.165, 1.54) is 14.2 Å². The molecule has 2 atom stereocenters. The van der Waals surface area contributed by atoms with Gasteiger partial charge in [-0.15, -0.1) is 0 Å². The van der Waals surface area contributed by atoms with E-state index in [0.717, 1.165) is 12.1 Å². The molecule has 0 saturated heterocycles. The zero-order valence-electron chi connectivity index (χ0n) is 17.9. The molecule has 0 spiro atoms. The average Bonchev–Trinajstić information content (AvgIpc) is 2.88. The first kappa shape index (κ1) is 24.7. The van der Waals surface area contributed by atoms with Crippen molar-refractivity contribution in [3.8, 4) is 11.5 Å². The van der Waals surface area contributed by atoms with E-state index in [1.807, 2.05) is 0 Å². The lowest BCUT2D eigenvalue weighted by atomic mass is 9.96. The summed E-state index contributed by atoms with van der Waals surface area (Å²) in [6.45, 7) is 1.69. The van der Waals surface area contributed by atoms with E-state index in [-0.39, 0.29) is 23.6 Å². The smallest absolute Gasteiger partial charge is 0.417 e. The average molecular weight is 488 g/mol.